The Morgan fingerprint density at radius 3 is 2.52 bits per heavy atom. The summed E-state index contributed by atoms with van der Waals surface area (Å²) < 4.78 is 6.28. The number of thiocarbonyl (C=S) groups is 1. The highest BCUT2D eigenvalue weighted by Gasteiger charge is 2.41. The van der Waals surface area contributed by atoms with E-state index in [4.69, 9.17) is 16.6 Å². The number of carbonyl (C=O) groups is 1. The number of nitrogens with zero attached hydrogens (tertiary/aromatic N) is 2. The summed E-state index contributed by atoms with van der Waals surface area (Å²) >= 11 is 5.72. The zero-order chi connectivity index (χ0) is 22.8. The van der Waals surface area contributed by atoms with Crippen molar-refractivity contribution in [2.24, 2.45) is 0 Å². The molecule has 4 aromatic rings. The van der Waals surface area contributed by atoms with Crippen molar-refractivity contribution >= 4 is 23.3 Å². The van der Waals surface area contributed by atoms with Crippen molar-refractivity contribution in [3.8, 4) is 11.3 Å². The minimum Gasteiger partial charge on any atom is -0.478 e. The smallest absolute Gasteiger partial charge is 0.336 e. The van der Waals surface area contributed by atoms with E-state index in [1.165, 1.54) is 0 Å². The molecule has 7 heteroatoms. The van der Waals surface area contributed by atoms with E-state index >= 15 is 0 Å². The van der Waals surface area contributed by atoms with Crippen molar-refractivity contribution in [1.29, 1.82) is 0 Å². The van der Waals surface area contributed by atoms with Crippen LogP contribution in [0.1, 0.15) is 39.5 Å². The molecule has 0 unspecified atom stereocenters. The molecule has 0 spiro atoms. The van der Waals surface area contributed by atoms with Gasteiger partial charge < -0.3 is 19.7 Å². The van der Waals surface area contributed by atoms with Crippen LogP contribution in [0.25, 0.3) is 11.3 Å². The van der Waals surface area contributed by atoms with E-state index in [1.54, 1.807) is 30.5 Å². The lowest BCUT2D eigenvalue weighted by molar-refractivity contribution is 0.0697. The van der Waals surface area contributed by atoms with E-state index in [0.717, 1.165) is 11.3 Å². The van der Waals surface area contributed by atoms with Gasteiger partial charge in [0.25, 0.3) is 0 Å². The maximum Gasteiger partial charge on any atom is 0.336 e. The molecule has 33 heavy (non-hydrogen) atoms. The van der Waals surface area contributed by atoms with Gasteiger partial charge in [0.15, 0.2) is 5.11 Å². The summed E-state index contributed by atoms with van der Waals surface area (Å²) in [5.74, 6) is 0.189. The second-order valence-electron chi connectivity index (χ2n) is 7.79. The number of rotatable bonds is 6. The van der Waals surface area contributed by atoms with Crippen LogP contribution in [0.15, 0.2) is 95.5 Å². The Balaban J connectivity index is 1.56. The number of aromatic nitrogens is 1. The summed E-state index contributed by atoms with van der Waals surface area (Å²) in [6.45, 7) is 0.600. The molecule has 2 atom stereocenters. The third-order valence-electron chi connectivity index (χ3n) is 5.73. The molecule has 3 heterocycles. The summed E-state index contributed by atoms with van der Waals surface area (Å²) in [5, 5.41) is 13.6. The van der Waals surface area contributed by atoms with Crippen LogP contribution in [-0.2, 0) is 6.54 Å². The first-order valence-corrected chi connectivity index (χ1v) is 11.0. The van der Waals surface area contributed by atoms with Gasteiger partial charge in [0, 0.05) is 18.3 Å². The third-order valence-corrected chi connectivity index (χ3v) is 6.09. The predicted octanol–water partition coefficient (Wildman–Crippen LogP) is 5.21. The number of benzene rings is 2. The summed E-state index contributed by atoms with van der Waals surface area (Å²) in [5.41, 5.74) is 2.70. The van der Waals surface area contributed by atoms with Gasteiger partial charge >= 0.3 is 5.97 Å². The predicted molar refractivity (Wildman–Crippen MR) is 129 cm³/mol. The van der Waals surface area contributed by atoms with Crippen molar-refractivity contribution in [3.05, 3.63) is 114 Å². The Morgan fingerprint density at radius 2 is 1.76 bits per heavy atom. The Kier molecular flexibility index (Phi) is 5.62. The van der Waals surface area contributed by atoms with Crippen LogP contribution >= 0.6 is 12.2 Å². The summed E-state index contributed by atoms with van der Waals surface area (Å²) in [4.78, 5) is 18.3. The van der Waals surface area contributed by atoms with Gasteiger partial charge in [-0.1, -0.05) is 54.6 Å². The Hall–Kier alpha value is -3.97. The molecule has 1 saturated heterocycles. The van der Waals surface area contributed by atoms with Gasteiger partial charge in [-0.25, -0.2) is 4.79 Å². The molecule has 1 fully saturated rings. The Morgan fingerprint density at radius 1 is 1.00 bits per heavy atom. The zero-order valence-corrected chi connectivity index (χ0v) is 18.4. The second kappa shape index (κ2) is 8.88. The fraction of sp³-hybridized carbons (Fsp3) is 0.115. The van der Waals surface area contributed by atoms with Gasteiger partial charge in [0.2, 0.25) is 0 Å². The average molecular weight is 456 g/mol. The lowest BCUT2D eigenvalue weighted by Crippen LogP contribution is -2.29. The van der Waals surface area contributed by atoms with Gasteiger partial charge in [0.05, 0.1) is 17.3 Å². The van der Waals surface area contributed by atoms with E-state index in [1.807, 2.05) is 48.5 Å². The van der Waals surface area contributed by atoms with Crippen LogP contribution in [0.4, 0.5) is 0 Å². The van der Waals surface area contributed by atoms with Crippen molar-refractivity contribution in [1.82, 2.24) is 15.2 Å². The molecule has 164 valence electrons. The largest absolute Gasteiger partial charge is 0.478 e. The highest BCUT2D eigenvalue weighted by molar-refractivity contribution is 7.80. The van der Waals surface area contributed by atoms with Crippen LogP contribution in [0.2, 0.25) is 0 Å². The lowest BCUT2D eigenvalue weighted by atomic mass is 10.0. The van der Waals surface area contributed by atoms with Crippen molar-refractivity contribution < 1.29 is 14.3 Å². The molecule has 2 aromatic heterocycles. The van der Waals surface area contributed by atoms with Crippen LogP contribution < -0.4 is 5.32 Å². The average Bonchev–Trinajstić information content (AvgIpc) is 3.45. The molecular weight excluding hydrogens is 434 g/mol. The quantitative estimate of drug-likeness (QED) is 0.386. The van der Waals surface area contributed by atoms with Crippen LogP contribution in [0.5, 0.6) is 0 Å². The number of carboxylic acid groups (broad SMARTS) is 1. The van der Waals surface area contributed by atoms with Crippen LogP contribution in [-0.4, -0.2) is 26.1 Å². The van der Waals surface area contributed by atoms with Gasteiger partial charge in [-0.15, -0.1) is 0 Å². The fourth-order valence-electron chi connectivity index (χ4n) is 4.21. The number of furan rings is 1. The van der Waals surface area contributed by atoms with E-state index in [2.05, 4.69) is 27.3 Å². The van der Waals surface area contributed by atoms with Gasteiger partial charge in [-0.05, 0) is 48.1 Å². The number of aromatic carboxylic acids is 1. The Bertz CT molecular complexity index is 1290. The first-order valence-electron chi connectivity index (χ1n) is 10.6. The normalized spacial score (nSPS) is 17.7. The SMILES string of the molecule is O=C(O)c1ccccc1-c1ccc([C@H]2[C@H](c3ccccn3)NC(=S)N2Cc2ccccc2)o1. The first-order chi connectivity index (χ1) is 16.1. The molecule has 6 nitrogen and oxygen atoms in total. The molecule has 5 rings (SSSR count). The summed E-state index contributed by atoms with van der Waals surface area (Å²) in [6.07, 6.45) is 1.76. The first kappa shape index (κ1) is 20.9. The number of carboxylic acids is 1. The molecule has 2 N–H and O–H groups in total. The summed E-state index contributed by atoms with van der Waals surface area (Å²) in [7, 11) is 0. The molecule has 1 aliphatic rings. The second-order valence-corrected chi connectivity index (χ2v) is 8.18. The van der Waals surface area contributed by atoms with Crippen LogP contribution in [0, 0.1) is 0 Å². The molecule has 1 aliphatic heterocycles. The van der Waals surface area contributed by atoms with Crippen molar-refractivity contribution in [2.75, 3.05) is 0 Å². The molecule has 0 aliphatic carbocycles. The number of hydrogen-bond acceptors (Lipinski definition) is 4. The molecule has 0 radical (unpaired) electrons. The molecule has 0 saturated carbocycles. The van der Waals surface area contributed by atoms with Crippen molar-refractivity contribution in [3.63, 3.8) is 0 Å². The monoisotopic (exact) mass is 455 g/mol. The fourth-order valence-corrected chi connectivity index (χ4v) is 4.51. The summed E-state index contributed by atoms with van der Waals surface area (Å²) in [6, 6.07) is 26.0. The molecule has 0 amide bonds. The zero-order valence-electron chi connectivity index (χ0n) is 17.6. The van der Waals surface area contributed by atoms with E-state index < -0.39 is 5.97 Å². The third kappa shape index (κ3) is 4.10. The van der Waals surface area contributed by atoms with E-state index in [9.17, 15) is 9.90 Å². The van der Waals surface area contributed by atoms with Gasteiger partial charge in [-0.3, -0.25) is 4.98 Å². The minimum atomic E-state index is -0.996. The van der Waals surface area contributed by atoms with E-state index in [0.29, 0.717) is 28.7 Å². The highest BCUT2D eigenvalue weighted by atomic mass is 32.1. The molecule has 2 aromatic carbocycles. The maximum absolute atomic E-state index is 11.7. The standard InChI is InChI=1S/C26H21N3O3S/c30-25(31)19-11-5-4-10-18(19)21-13-14-22(32-21)24-23(20-12-6-7-15-27-20)28-26(33)29(24)16-17-8-2-1-3-9-17/h1-15,23-24H,16H2,(H,28,33)(H,30,31)/t23-,24-/m0/s1. The maximum atomic E-state index is 11.7. The number of nitrogens with one attached hydrogen (secondary N) is 1. The topological polar surface area (TPSA) is 78.6 Å². The Labute approximate surface area is 196 Å². The highest BCUT2D eigenvalue weighted by Crippen LogP contribution is 2.41. The van der Waals surface area contributed by atoms with Gasteiger partial charge in [0.1, 0.15) is 17.6 Å². The minimum absolute atomic E-state index is 0.195. The number of hydrogen-bond donors (Lipinski definition) is 2. The van der Waals surface area contributed by atoms with Gasteiger partial charge in [-0.2, -0.15) is 0 Å². The number of pyridine rings is 1. The molecular formula is C26H21N3O3S. The van der Waals surface area contributed by atoms with E-state index in [-0.39, 0.29) is 17.6 Å². The lowest BCUT2D eigenvalue weighted by Gasteiger charge is -2.26. The van der Waals surface area contributed by atoms with Crippen LogP contribution in [0.3, 0.4) is 0 Å². The van der Waals surface area contributed by atoms with Crippen molar-refractivity contribution in [2.45, 2.75) is 18.6 Å². The molecule has 0 bridgehead atoms.